The summed E-state index contributed by atoms with van der Waals surface area (Å²) < 4.78 is 0.904. The second-order valence-electron chi connectivity index (χ2n) is 2.79. The number of aliphatic hydroxyl groups excluding tert-OH is 1. The number of aromatic hydroxyl groups is 1. The summed E-state index contributed by atoms with van der Waals surface area (Å²) in [6.45, 7) is -0.134. The van der Waals surface area contributed by atoms with Crippen molar-refractivity contribution in [2.45, 2.75) is 6.61 Å². The summed E-state index contributed by atoms with van der Waals surface area (Å²) in [5.74, 6) is 0.169. The van der Waals surface area contributed by atoms with E-state index >= 15 is 0 Å². The molecule has 0 aliphatic carbocycles. The van der Waals surface area contributed by atoms with Gasteiger partial charge in [-0.25, -0.2) is 0 Å². The second kappa shape index (κ2) is 2.90. The van der Waals surface area contributed by atoms with E-state index in [4.69, 9.17) is 10.8 Å². The Hall–Kier alpha value is -1.26. The van der Waals surface area contributed by atoms with E-state index in [1.54, 1.807) is 18.2 Å². The molecule has 0 amide bonds. The smallest absolute Gasteiger partial charge is 0.139 e. The number of rotatable bonds is 1. The Morgan fingerprint density at radius 1 is 1.38 bits per heavy atom. The first-order valence-corrected chi connectivity index (χ1v) is 4.64. The third kappa shape index (κ3) is 1.24. The molecule has 2 rings (SSSR count). The molecule has 0 spiro atoms. The highest BCUT2D eigenvalue weighted by Crippen LogP contribution is 2.37. The van der Waals surface area contributed by atoms with Crippen molar-refractivity contribution in [3.05, 3.63) is 23.1 Å². The van der Waals surface area contributed by atoms with Crippen molar-refractivity contribution in [1.82, 2.24) is 0 Å². The topological polar surface area (TPSA) is 66.5 Å². The lowest BCUT2D eigenvalue weighted by Crippen LogP contribution is -1.80. The van der Waals surface area contributed by atoms with Crippen molar-refractivity contribution in [2.75, 3.05) is 5.73 Å². The fourth-order valence-corrected chi connectivity index (χ4v) is 2.26. The third-order valence-corrected chi connectivity index (χ3v) is 3.03. The molecule has 0 bridgehead atoms. The molecule has 0 saturated carbocycles. The monoisotopic (exact) mass is 195 g/mol. The van der Waals surface area contributed by atoms with E-state index in [0.717, 1.165) is 10.1 Å². The maximum Gasteiger partial charge on any atom is 0.139 e. The number of fused-ring (bicyclic) bond motifs is 1. The Bertz CT molecular complexity index is 450. The minimum Gasteiger partial charge on any atom is -0.506 e. The van der Waals surface area contributed by atoms with Gasteiger partial charge < -0.3 is 15.9 Å². The fraction of sp³-hybridized carbons (Fsp3) is 0.111. The molecular formula is C9H9NO2S. The van der Waals surface area contributed by atoms with Crippen LogP contribution in [-0.2, 0) is 6.61 Å². The lowest BCUT2D eigenvalue weighted by molar-refractivity contribution is 0.280. The number of aliphatic hydroxyl groups is 1. The molecule has 0 aliphatic rings. The first-order valence-electron chi connectivity index (χ1n) is 3.83. The lowest BCUT2D eigenvalue weighted by atomic mass is 10.2. The molecule has 2 aromatic rings. The molecule has 0 atom stereocenters. The molecule has 1 heterocycles. The van der Waals surface area contributed by atoms with E-state index in [1.807, 2.05) is 0 Å². The van der Waals surface area contributed by atoms with E-state index in [2.05, 4.69) is 0 Å². The van der Waals surface area contributed by atoms with Gasteiger partial charge in [-0.2, -0.15) is 0 Å². The molecule has 4 N–H and O–H groups in total. The molecule has 0 radical (unpaired) electrons. The van der Waals surface area contributed by atoms with Gasteiger partial charge in [-0.3, -0.25) is 0 Å². The highest BCUT2D eigenvalue weighted by Gasteiger charge is 2.09. The number of nitrogens with two attached hydrogens (primary N) is 1. The largest absolute Gasteiger partial charge is 0.506 e. The van der Waals surface area contributed by atoms with E-state index in [1.165, 1.54) is 11.3 Å². The third-order valence-electron chi connectivity index (χ3n) is 1.90. The van der Waals surface area contributed by atoms with Gasteiger partial charge in [0.25, 0.3) is 0 Å². The van der Waals surface area contributed by atoms with Crippen molar-refractivity contribution in [1.29, 1.82) is 0 Å². The summed E-state index contributed by atoms with van der Waals surface area (Å²) in [4.78, 5) is 0.584. The van der Waals surface area contributed by atoms with Crippen LogP contribution in [0, 0.1) is 0 Å². The molecule has 68 valence electrons. The number of nitrogen functional groups attached to an aromatic ring is 1. The minimum atomic E-state index is -0.134. The summed E-state index contributed by atoms with van der Waals surface area (Å²) in [7, 11) is 0. The molecule has 0 aliphatic heterocycles. The van der Waals surface area contributed by atoms with Crippen molar-refractivity contribution in [3.8, 4) is 5.75 Å². The first kappa shape index (κ1) is 8.34. The van der Waals surface area contributed by atoms with Crippen LogP contribution in [-0.4, -0.2) is 10.2 Å². The Morgan fingerprint density at radius 3 is 2.85 bits per heavy atom. The zero-order valence-electron chi connectivity index (χ0n) is 6.82. The van der Waals surface area contributed by atoms with Crippen LogP contribution in [0.2, 0.25) is 0 Å². The van der Waals surface area contributed by atoms with Gasteiger partial charge in [0.15, 0.2) is 0 Å². The SMILES string of the molecule is Nc1ccc2c(O)c(CO)sc2c1. The molecule has 13 heavy (non-hydrogen) atoms. The predicted molar refractivity (Wildman–Crippen MR) is 53.8 cm³/mol. The molecule has 1 aromatic carbocycles. The van der Waals surface area contributed by atoms with Crippen molar-refractivity contribution in [3.63, 3.8) is 0 Å². The van der Waals surface area contributed by atoms with Crippen LogP contribution >= 0.6 is 11.3 Å². The van der Waals surface area contributed by atoms with Crippen LogP contribution < -0.4 is 5.73 Å². The zero-order valence-corrected chi connectivity index (χ0v) is 7.64. The number of hydrogen-bond acceptors (Lipinski definition) is 4. The molecule has 0 fully saturated rings. The Morgan fingerprint density at radius 2 is 2.15 bits per heavy atom. The summed E-state index contributed by atoms with van der Waals surface area (Å²) >= 11 is 1.36. The lowest BCUT2D eigenvalue weighted by Gasteiger charge is -1.92. The van der Waals surface area contributed by atoms with Gasteiger partial charge in [0.2, 0.25) is 0 Å². The molecular weight excluding hydrogens is 186 g/mol. The van der Waals surface area contributed by atoms with E-state index < -0.39 is 0 Å². The predicted octanol–water partition coefficient (Wildman–Crippen LogP) is 1.68. The summed E-state index contributed by atoms with van der Waals surface area (Å²) in [5.41, 5.74) is 6.25. The van der Waals surface area contributed by atoms with Crippen molar-refractivity contribution in [2.24, 2.45) is 0 Å². The Kier molecular flexibility index (Phi) is 1.86. The van der Waals surface area contributed by atoms with Gasteiger partial charge in [-0.05, 0) is 18.2 Å². The highest BCUT2D eigenvalue weighted by molar-refractivity contribution is 7.19. The van der Waals surface area contributed by atoms with Crippen LogP contribution in [0.25, 0.3) is 10.1 Å². The van der Waals surface area contributed by atoms with Crippen LogP contribution in [0.5, 0.6) is 5.75 Å². The molecule has 1 aromatic heterocycles. The van der Waals surface area contributed by atoms with Crippen molar-refractivity contribution >= 4 is 27.1 Å². The summed E-state index contributed by atoms with van der Waals surface area (Å²) in [6.07, 6.45) is 0. The molecule has 3 nitrogen and oxygen atoms in total. The van der Waals surface area contributed by atoms with Crippen LogP contribution in [0.4, 0.5) is 5.69 Å². The van der Waals surface area contributed by atoms with Crippen molar-refractivity contribution < 1.29 is 10.2 Å². The van der Waals surface area contributed by atoms with Gasteiger partial charge in [-0.1, -0.05) is 0 Å². The van der Waals surface area contributed by atoms with Crippen LogP contribution in [0.3, 0.4) is 0 Å². The number of thiophene rings is 1. The van der Waals surface area contributed by atoms with Gasteiger partial charge in [0, 0.05) is 15.8 Å². The Labute approximate surface area is 79.0 Å². The van der Waals surface area contributed by atoms with Gasteiger partial charge >= 0.3 is 0 Å². The number of anilines is 1. The zero-order chi connectivity index (χ0) is 9.42. The standard InChI is InChI=1S/C9H9NO2S/c10-5-1-2-6-7(3-5)13-8(4-11)9(6)12/h1-3,11-12H,4,10H2. The van der Waals surface area contributed by atoms with Gasteiger partial charge in [0.05, 0.1) is 11.5 Å². The quantitative estimate of drug-likeness (QED) is 0.606. The molecule has 4 heteroatoms. The average molecular weight is 195 g/mol. The van der Waals surface area contributed by atoms with E-state index in [0.29, 0.717) is 10.6 Å². The van der Waals surface area contributed by atoms with E-state index in [-0.39, 0.29) is 12.4 Å². The van der Waals surface area contributed by atoms with Crippen LogP contribution in [0.15, 0.2) is 18.2 Å². The molecule has 0 unspecified atom stereocenters. The first-order chi connectivity index (χ1) is 6.22. The normalized spacial score (nSPS) is 10.8. The maximum absolute atomic E-state index is 9.59. The maximum atomic E-state index is 9.59. The average Bonchev–Trinajstić information content (AvgIpc) is 2.42. The number of benzene rings is 1. The Balaban J connectivity index is 2.76. The number of hydrogen-bond donors (Lipinski definition) is 3. The van der Waals surface area contributed by atoms with Gasteiger partial charge in [-0.15, -0.1) is 11.3 Å². The van der Waals surface area contributed by atoms with E-state index in [9.17, 15) is 5.11 Å². The van der Waals surface area contributed by atoms with Gasteiger partial charge in [0.1, 0.15) is 5.75 Å². The molecule has 0 saturated heterocycles. The van der Waals surface area contributed by atoms with Crippen LogP contribution in [0.1, 0.15) is 4.88 Å². The minimum absolute atomic E-state index is 0.134. The fourth-order valence-electron chi connectivity index (χ4n) is 1.26. The summed E-state index contributed by atoms with van der Waals surface area (Å²) in [5, 5.41) is 19.3. The summed E-state index contributed by atoms with van der Waals surface area (Å²) in [6, 6.07) is 5.28. The second-order valence-corrected chi connectivity index (χ2v) is 3.92. The highest BCUT2D eigenvalue weighted by atomic mass is 32.1.